The fourth-order valence-electron chi connectivity index (χ4n) is 2.04. The Bertz CT molecular complexity index is 490. The molecule has 1 rings (SSSR count). The number of amides is 1. The molecule has 0 aliphatic rings. The number of nitrogens with zero attached hydrogens (tertiary/aromatic N) is 1. The zero-order valence-corrected chi connectivity index (χ0v) is 14.4. The summed E-state index contributed by atoms with van der Waals surface area (Å²) >= 11 is 3.40. The van der Waals surface area contributed by atoms with Gasteiger partial charge in [0.05, 0.1) is 18.6 Å². The average molecular weight is 356 g/mol. The number of rotatable bonds is 7. The fourth-order valence-corrected chi connectivity index (χ4v) is 2.49. The maximum Gasteiger partial charge on any atom is 0.310 e. The Hall–Kier alpha value is -1.36. The molecule has 0 aliphatic carbocycles. The maximum absolute atomic E-state index is 12.7. The molecule has 5 heteroatoms. The molecule has 0 aromatic heterocycles. The molecule has 0 radical (unpaired) electrons. The lowest BCUT2D eigenvalue weighted by atomic mass is 10.1. The van der Waals surface area contributed by atoms with Crippen molar-refractivity contribution in [3.05, 3.63) is 34.3 Å². The number of hydrogen-bond acceptors (Lipinski definition) is 3. The summed E-state index contributed by atoms with van der Waals surface area (Å²) in [5.74, 6) is -0.693. The van der Waals surface area contributed by atoms with Crippen molar-refractivity contribution in [2.75, 3.05) is 20.2 Å². The van der Waals surface area contributed by atoms with E-state index in [9.17, 15) is 9.59 Å². The fraction of sp³-hybridized carbons (Fsp3) is 0.500. The van der Waals surface area contributed by atoms with Gasteiger partial charge in [-0.3, -0.25) is 9.59 Å². The van der Waals surface area contributed by atoms with Crippen molar-refractivity contribution in [1.82, 2.24) is 4.90 Å². The first-order valence-corrected chi connectivity index (χ1v) is 7.92. The zero-order valence-electron chi connectivity index (χ0n) is 12.8. The monoisotopic (exact) mass is 355 g/mol. The van der Waals surface area contributed by atoms with E-state index < -0.39 is 0 Å². The van der Waals surface area contributed by atoms with Gasteiger partial charge in [0.15, 0.2) is 0 Å². The second kappa shape index (κ2) is 8.82. The molecule has 0 aliphatic heterocycles. The number of esters is 1. The number of benzene rings is 1. The van der Waals surface area contributed by atoms with Crippen molar-refractivity contribution in [3.63, 3.8) is 0 Å². The van der Waals surface area contributed by atoms with Gasteiger partial charge in [-0.15, -0.1) is 0 Å². The number of unbranched alkanes of at least 4 members (excludes halogenated alkanes) is 1. The summed E-state index contributed by atoms with van der Waals surface area (Å²) in [6.07, 6.45) is 1.90. The van der Waals surface area contributed by atoms with Crippen LogP contribution in [-0.4, -0.2) is 37.0 Å². The lowest BCUT2D eigenvalue weighted by molar-refractivity contribution is -0.145. The molecule has 0 bridgehead atoms. The highest BCUT2D eigenvalue weighted by Crippen LogP contribution is 2.19. The summed E-state index contributed by atoms with van der Waals surface area (Å²) in [6, 6.07) is 7.33. The van der Waals surface area contributed by atoms with Crippen LogP contribution in [0.25, 0.3) is 0 Å². The second-order valence-electron chi connectivity index (χ2n) is 5.01. The normalized spacial score (nSPS) is 11.8. The summed E-state index contributed by atoms with van der Waals surface area (Å²) in [6.45, 7) is 4.85. The molecule has 1 aromatic rings. The molecule has 1 amide bonds. The quantitative estimate of drug-likeness (QED) is 0.703. The Balaban J connectivity index is 2.89. The molecule has 1 aromatic carbocycles. The molecule has 0 saturated carbocycles. The van der Waals surface area contributed by atoms with Gasteiger partial charge in [-0.25, -0.2) is 0 Å². The lowest BCUT2D eigenvalue weighted by Crippen LogP contribution is -2.38. The summed E-state index contributed by atoms with van der Waals surface area (Å²) in [4.78, 5) is 26.0. The number of hydrogen-bond donors (Lipinski definition) is 0. The van der Waals surface area contributed by atoms with Crippen molar-refractivity contribution >= 4 is 27.8 Å². The van der Waals surface area contributed by atoms with Crippen LogP contribution < -0.4 is 0 Å². The minimum atomic E-state index is -0.335. The Labute approximate surface area is 134 Å². The molecule has 21 heavy (non-hydrogen) atoms. The number of methoxy groups -OCH3 is 1. The molecule has 0 fully saturated rings. The largest absolute Gasteiger partial charge is 0.469 e. The molecule has 116 valence electrons. The SMILES string of the molecule is CCCCN(CC(C)C(=O)OC)C(=O)c1ccccc1Br. The molecule has 1 unspecified atom stereocenters. The Kier molecular flexibility index (Phi) is 7.43. The minimum Gasteiger partial charge on any atom is -0.469 e. The van der Waals surface area contributed by atoms with Gasteiger partial charge in [-0.05, 0) is 34.5 Å². The molecule has 0 N–H and O–H groups in total. The summed E-state index contributed by atoms with van der Waals surface area (Å²) in [7, 11) is 1.37. The van der Waals surface area contributed by atoms with E-state index in [1.165, 1.54) is 7.11 Å². The van der Waals surface area contributed by atoms with Crippen molar-refractivity contribution in [2.24, 2.45) is 5.92 Å². The molecular formula is C16H22BrNO3. The number of carbonyl (C=O) groups is 2. The van der Waals surface area contributed by atoms with Crippen LogP contribution in [0.2, 0.25) is 0 Å². The number of ether oxygens (including phenoxy) is 1. The van der Waals surface area contributed by atoms with Crippen LogP contribution in [-0.2, 0) is 9.53 Å². The van der Waals surface area contributed by atoms with Crippen molar-refractivity contribution in [3.8, 4) is 0 Å². The van der Waals surface area contributed by atoms with Crippen LogP contribution >= 0.6 is 15.9 Å². The van der Waals surface area contributed by atoms with E-state index in [0.29, 0.717) is 18.7 Å². The van der Waals surface area contributed by atoms with Crippen LogP contribution in [0.3, 0.4) is 0 Å². The van der Waals surface area contributed by atoms with E-state index >= 15 is 0 Å². The molecular weight excluding hydrogens is 334 g/mol. The van der Waals surface area contributed by atoms with E-state index in [0.717, 1.165) is 17.3 Å². The van der Waals surface area contributed by atoms with Crippen LogP contribution in [0.5, 0.6) is 0 Å². The predicted molar refractivity (Wildman–Crippen MR) is 86.1 cm³/mol. The topological polar surface area (TPSA) is 46.6 Å². The van der Waals surface area contributed by atoms with Gasteiger partial charge >= 0.3 is 5.97 Å². The van der Waals surface area contributed by atoms with Crippen LogP contribution in [0.15, 0.2) is 28.7 Å². The van der Waals surface area contributed by atoms with Gasteiger partial charge in [0.25, 0.3) is 5.91 Å². The Morgan fingerprint density at radius 2 is 2.00 bits per heavy atom. The van der Waals surface area contributed by atoms with Gasteiger partial charge in [0.2, 0.25) is 0 Å². The summed E-state index contributed by atoms with van der Waals surface area (Å²) < 4.78 is 5.51. The minimum absolute atomic E-state index is 0.0633. The molecule has 0 spiro atoms. The van der Waals surface area contributed by atoms with Crippen LogP contribution in [0, 0.1) is 5.92 Å². The zero-order chi connectivity index (χ0) is 15.8. The third-order valence-corrected chi connectivity index (χ3v) is 3.96. The van der Waals surface area contributed by atoms with E-state index in [2.05, 4.69) is 22.9 Å². The first kappa shape index (κ1) is 17.7. The maximum atomic E-state index is 12.7. The average Bonchev–Trinajstić information content (AvgIpc) is 2.50. The van der Waals surface area contributed by atoms with E-state index in [-0.39, 0.29) is 17.8 Å². The third-order valence-electron chi connectivity index (χ3n) is 3.27. The smallest absolute Gasteiger partial charge is 0.310 e. The van der Waals surface area contributed by atoms with Gasteiger partial charge in [-0.1, -0.05) is 32.4 Å². The van der Waals surface area contributed by atoms with Crippen LogP contribution in [0.1, 0.15) is 37.0 Å². The van der Waals surface area contributed by atoms with Gasteiger partial charge < -0.3 is 9.64 Å². The van der Waals surface area contributed by atoms with E-state index in [1.807, 2.05) is 18.2 Å². The molecule has 1 atom stereocenters. The highest BCUT2D eigenvalue weighted by molar-refractivity contribution is 9.10. The first-order chi connectivity index (χ1) is 10.0. The van der Waals surface area contributed by atoms with Gasteiger partial charge in [-0.2, -0.15) is 0 Å². The van der Waals surface area contributed by atoms with Gasteiger partial charge in [0.1, 0.15) is 0 Å². The Morgan fingerprint density at radius 1 is 1.33 bits per heavy atom. The number of carbonyl (C=O) groups excluding carboxylic acids is 2. The van der Waals surface area contributed by atoms with E-state index in [1.54, 1.807) is 17.9 Å². The number of halogens is 1. The van der Waals surface area contributed by atoms with Crippen molar-refractivity contribution < 1.29 is 14.3 Å². The first-order valence-electron chi connectivity index (χ1n) is 7.12. The highest BCUT2D eigenvalue weighted by Gasteiger charge is 2.23. The summed E-state index contributed by atoms with van der Waals surface area (Å²) in [5, 5.41) is 0. The molecule has 0 heterocycles. The standard InChI is InChI=1S/C16H22BrNO3/c1-4-5-10-18(11-12(2)16(20)21-3)15(19)13-8-6-7-9-14(13)17/h6-9,12H,4-5,10-11H2,1-3H3. The van der Waals surface area contributed by atoms with E-state index in [4.69, 9.17) is 4.74 Å². The van der Waals surface area contributed by atoms with Crippen molar-refractivity contribution in [1.29, 1.82) is 0 Å². The van der Waals surface area contributed by atoms with Crippen LogP contribution in [0.4, 0.5) is 0 Å². The predicted octanol–water partition coefficient (Wildman–Crippen LogP) is 3.50. The molecule has 4 nitrogen and oxygen atoms in total. The van der Waals surface area contributed by atoms with Crippen molar-refractivity contribution in [2.45, 2.75) is 26.7 Å². The third kappa shape index (κ3) is 5.16. The lowest BCUT2D eigenvalue weighted by Gasteiger charge is -2.25. The second-order valence-corrected chi connectivity index (χ2v) is 5.86. The summed E-state index contributed by atoms with van der Waals surface area (Å²) in [5.41, 5.74) is 0.616. The van der Waals surface area contributed by atoms with Gasteiger partial charge in [0, 0.05) is 17.6 Å². The highest BCUT2D eigenvalue weighted by atomic mass is 79.9. The molecule has 0 saturated heterocycles. The Morgan fingerprint density at radius 3 is 2.57 bits per heavy atom.